The number of rotatable bonds is 4. The van der Waals surface area contributed by atoms with Crippen LogP contribution in [0.4, 0.5) is 11.5 Å². The van der Waals surface area contributed by atoms with Crippen LogP contribution in [0.25, 0.3) is 10.8 Å². The van der Waals surface area contributed by atoms with E-state index in [0.29, 0.717) is 5.69 Å². The lowest BCUT2D eigenvalue weighted by atomic mass is 10.1. The molecule has 0 fully saturated rings. The number of nitrogens with one attached hydrogen (secondary N) is 1. The Hall–Kier alpha value is -3.22. The topological polar surface area (TPSA) is 90.1 Å². The van der Waals surface area contributed by atoms with Crippen molar-refractivity contribution >= 4 is 28.2 Å². The van der Waals surface area contributed by atoms with Crippen molar-refractivity contribution in [2.45, 2.75) is 6.54 Å². The number of amides is 1. The molecule has 1 N–H and O–H groups in total. The number of hydrogen-bond acceptors (Lipinski definition) is 4. The average Bonchev–Trinajstić information content (AvgIpc) is 2.96. The molecule has 0 unspecified atom stereocenters. The van der Waals surface area contributed by atoms with Crippen molar-refractivity contribution < 1.29 is 9.72 Å². The van der Waals surface area contributed by atoms with Crippen molar-refractivity contribution in [3.05, 3.63) is 65.1 Å². The van der Waals surface area contributed by atoms with Gasteiger partial charge in [-0.05, 0) is 21.4 Å². The third-order valence-electron chi connectivity index (χ3n) is 3.20. The lowest BCUT2D eigenvalue weighted by molar-refractivity contribution is -0.389. The molecular weight excluding hydrogens is 284 g/mol. The van der Waals surface area contributed by atoms with Gasteiger partial charge in [-0.15, -0.1) is 0 Å². The minimum Gasteiger partial charge on any atom is -0.358 e. The van der Waals surface area contributed by atoms with E-state index in [2.05, 4.69) is 10.3 Å². The van der Waals surface area contributed by atoms with Gasteiger partial charge in [0.1, 0.15) is 12.7 Å². The third kappa shape index (κ3) is 2.78. The molecule has 7 heteroatoms. The average molecular weight is 296 g/mol. The molecule has 0 atom stereocenters. The van der Waals surface area contributed by atoms with Crippen LogP contribution in [0, 0.1) is 10.1 Å². The monoisotopic (exact) mass is 296 g/mol. The molecule has 22 heavy (non-hydrogen) atoms. The second-order valence-corrected chi connectivity index (χ2v) is 4.74. The minimum atomic E-state index is -0.598. The maximum atomic E-state index is 12.1. The predicted octanol–water partition coefficient (Wildman–Crippen LogP) is 2.58. The Labute approximate surface area is 125 Å². The first-order valence-electron chi connectivity index (χ1n) is 6.57. The van der Waals surface area contributed by atoms with Gasteiger partial charge in [-0.2, -0.15) is 0 Å². The highest BCUT2D eigenvalue weighted by atomic mass is 16.6. The molecule has 0 bridgehead atoms. The van der Waals surface area contributed by atoms with Gasteiger partial charge in [-0.1, -0.05) is 36.4 Å². The van der Waals surface area contributed by atoms with Crippen molar-refractivity contribution in [2.75, 3.05) is 5.32 Å². The molecule has 7 nitrogen and oxygen atoms in total. The molecule has 0 aliphatic rings. The van der Waals surface area contributed by atoms with Crippen LogP contribution in [0.3, 0.4) is 0 Å². The quantitative estimate of drug-likeness (QED) is 0.592. The lowest BCUT2D eigenvalue weighted by Gasteiger charge is -2.08. The van der Waals surface area contributed by atoms with Gasteiger partial charge in [0, 0.05) is 11.1 Å². The summed E-state index contributed by atoms with van der Waals surface area (Å²) >= 11 is 0. The molecule has 0 aliphatic carbocycles. The molecule has 0 saturated heterocycles. The van der Waals surface area contributed by atoms with Crippen molar-refractivity contribution in [1.82, 2.24) is 9.55 Å². The van der Waals surface area contributed by atoms with Crippen LogP contribution in [0.1, 0.15) is 0 Å². The summed E-state index contributed by atoms with van der Waals surface area (Å²) in [6.07, 6.45) is 2.49. The van der Waals surface area contributed by atoms with Crippen LogP contribution in [0.15, 0.2) is 55.0 Å². The third-order valence-corrected chi connectivity index (χ3v) is 3.20. The molecule has 110 valence electrons. The Balaban J connectivity index is 1.77. The molecular formula is C15H12N4O3. The van der Waals surface area contributed by atoms with Gasteiger partial charge < -0.3 is 20.0 Å². The minimum absolute atomic E-state index is 0.0376. The predicted molar refractivity (Wildman–Crippen MR) is 81.5 cm³/mol. The second kappa shape index (κ2) is 5.65. The van der Waals surface area contributed by atoms with Crippen molar-refractivity contribution in [3.63, 3.8) is 0 Å². The maximum Gasteiger partial charge on any atom is 0.381 e. The molecule has 0 saturated carbocycles. The fourth-order valence-corrected chi connectivity index (χ4v) is 2.22. The molecule has 2 aromatic carbocycles. The van der Waals surface area contributed by atoms with Gasteiger partial charge in [-0.25, -0.2) is 0 Å². The zero-order valence-electron chi connectivity index (χ0n) is 11.5. The summed E-state index contributed by atoms with van der Waals surface area (Å²) in [7, 11) is 0. The van der Waals surface area contributed by atoms with Gasteiger partial charge >= 0.3 is 5.82 Å². The fourth-order valence-electron chi connectivity index (χ4n) is 2.22. The van der Waals surface area contributed by atoms with Crippen LogP contribution in [-0.4, -0.2) is 20.4 Å². The molecule has 0 spiro atoms. The van der Waals surface area contributed by atoms with E-state index in [-0.39, 0.29) is 18.3 Å². The number of hydrogen-bond donors (Lipinski definition) is 1. The van der Waals surface area contributed by atoms with Gasteiger partial charge in [-0.3, -0.25) is 4.79 Å². The molecule has 1 amide bonds. The van der Waals surface area contributed by atoms with E-state index < -0.39 is 4.92 Å². The van der Waals surface area contributed by atoms with E-state index in [9.17, 15) is 14.9 Å². The van der Waals surface area contributed by atoms with Gasteiger partial charge in [0.15, 0.2) is 0 Å². The number of anilines is 1. The molecule has 0 radical (unpaired) electrons. The Morgan fingerprint density at radius 3 is 2.77 bits per heavy atom. The Bertz CT molecular complexity index is 851. The number of carbonyl (C=O) groups excluding carboxylic acids is 1. The number of aromatic nitrogens is 2. The summed E-state index contributed by atoms with van der Waals surface area (Å²) in [6.45, 7) is -0.0376. The maximum absolute atomic E-state index is 12.1. The SMILES string of the molecule is O=C(Cn1cnc([N+](=O)[O-])c1)Nc1cccc2ccccc12. The summed E-state index contributed by atoms with van der Waals surface area (Å²) in [6, 6.07) is 13.4. The molecule has 0 aliphatic heterocycles. The standard InChI is InChI=1S/C15H12N4O3/c20-15(9-18-8-14(16-10-18)19(21)22)17-13-7-3-5-11-4-1-2-6-12(11)13/h1-8,10H,9H2,(H,17,20). The van der Waals surface area contributed by atoms with E-state index in [1.54, 1.807) is 0 Å². The van der Waals surface area contributed by atoms with E-state index in [4.69, 9.17) is 0 Å². The zero-order chi connectivity index (χ0) is 15.5. The van der Waals surface area contributed by atoms with E-state index in [1.807, 2.05) is 42.5 Å². The van der Waals surface area contributed by atoms with Crippen LogP contribution in [0.5, 0.6) is 0 Å². The highest BCUT2D eigenvalue weighted by Gasteiger charge is 2.12. The summed E-state index contributed by atoms with van der Waals surface area (Å²) in [5, 5.41) is 15.3. The van der Waals surface area contributed by atoms with E-state index in [1.165, 1.54) is 17.1 Å². The number of fused-ring (bicyclic) bond motifs is 1. The molecule has 3 rings (SSSR count). The van der Waals surface area contributed by atoms with Crippen molar-refractivity contribution in [3.8, 4) is 0 Å². The highest BCUT2D eigenvalue weighted by molar-refractivity contribution is 6.01. The Morgan fingerprint density at radius 2 is 2.00 bits per heavy atom. The first kappa shape index (κ1) is 13.7. The largest absolute Gasteiger partial charge is 0.381 e. The van der Waals surface area contributed by atoms with Gasteiger partial charge in [0.25, 0.3) is 0 Å². The number of nitro groups is 1. The molecule has 1 aromatic heterocycles. The fraction of sp³-hybridized carbons (Fsp3) is 0.0667. The van der Waals surface area contributed by atoms with Crippen molar-refractivity contribution in [2.24, 2.45) is 0 Å². The van der Waals surface area contributed by atoms with E-state index >= 15 is 0 Å². The number of nitrogens with zero attached hydrogens (tertiary/aromatic N) is 3. The highest BCUT2D eigenvalue weighted by Crippen LogP contribution is 2.22. The van der Waals surface area contributed by atoms with Crippen LogP contribution in [-0.2, 0) is 11.3 Å². The number of imidazole rings is 1. The molecule has 1 heterocycles. The van der Waals surface area contributed by atoms with Crippen molar-refractivity contribution in [1.29, 1.82) is 0 Å². The first-order chi connectivity index (χ1) is 10.6. The summed E-state index contributed by atoms with van der Waals surface area (Å²) < 4.78 is 1.37. The van der Waals surface area contributed by atoms with Gasteiger partial charge in [0.05, 0.1) is 0 Å². The van der Waals surface area contributed by atoms with Crippen LogP contribution >= 0.6 is 0 Å². The van der Waals surface area contributed by atoms with Crippen LogP contribution in [0.2, 0.25) is 0 Å². The summed E-state index contributed by atoms with van der Waals surface area (Å²) in [5.41, 5.74) is 0.706. The van der Waals surface area contributed by atoms with Gasteiger partial charge in [0.2, 0.25) is 12.2 Å². The second-order valence-electron chi connectivity index (χ2n) is 4.74. The Kier molecular flexibility index (Phi) is 3.53. The van der Waals surface area contributed by atoms with Crippen LogP contribution < -0.4 is 5.32 Å². The number of carbonyl (C=O) groups is 1. The smallest absolute Gasteiger partial charge is 0.358 e. The molecule has 3 aromatic rings. The summed E-state index contributed by atoms with van der Waals surface area (Å²) in [5.74, 6) is -0.554. The lowest BCUT2D eigenvalue weighted by Crippen LogP contribution is -2.18. The zero-order valence-corrected chi connectivity index (χ0v) is 11.5. The van der Waals surface area contributed by atoms with E-state index in [0.717, 1.165) is 10.8 Å². The first-order valence-corrected chi connectivity index (χ1v) is 6.57. The number of benzene rings is 2. The Morgan fingerprint density at radius 1 is 1.23 bits per heavy atom. The normalized spacial score (nSPS) is 10.5. The summed E-state index contributed by atoms with van der Waals surface area (Å²) in [4.78, 5) is 25.7.